The summed E-state index contributed by atoms with van der Waals surface area (Å²) in [5, 5.41) is 10.1. The Morgan fingerprint density at radius 2 is 1.84 bits per heavy atom. The highest BCUT2D eigenvalue weighted by atomic mass is 16.1. The molecule has 0 radical (unpaired) electrons. The molecule has 3 N–H and O–H groups in total. The SMILES string of the molecule is CNc1nc(C2CCC(C)(C)C(NC(=O)Cc3ccccc3)C2)ccc1NCC(C)(C)C. The summed E-state index contributed by atoms with van der Waals surface area (Å²) >= 11 is 0. The van der Waals surface area contributed by atoms with Gasteiger partial charge in [-0.05, 0) is 47.8 Å². The maximum absolute atomic E-state index is 12.8. The summed E-state index contributed by atoms with van der Waals surface area (Å²) in [5.74, 6) is 1.33. The van der Waals surface area contributed by atoms with Crippen LogP contribution in [-0.2, 0) is 11.2 Å². The third-order valence-electron chi connectivity index (χ3n) is 6.52. The average Bonchev–Trinajstić information content (AvgIpc) is 2.73. The van der Waals surface area contributed by atoms with Crippen molar-refractivity contribution in [2.45, 2.75) is 72.3 Å². The van der Waals surface area contributed by atoms with Crippen LogP contribution in [0.1, 0.15) is 71.1 Å². The minimum absolute atomic E-state index is 0.0723. The van der Waals surface area contributed by atoms with Gasteiger partial charge in [0.1, 0.15) is 5.82 Å². The Labute approximate surface area is 193 Å². The largest absolute Gasteiger partial charge is 0.382 e. The molecule has 1 aromatic heterocycles. The molecule has 1 saturated carbocycles. The standard InChI is InChI=1S/C27H40N4O/c1-26(2,3)18-29-22-13-12-21(30-25(22)28-6)20-14-15-27(4,5)23(17-20)31-24(32)16-19-10-8-7-9-11-19/h7-13,20,23,29H,14-18H2,1-6H3,(H,28,30)(H,31,32). The van der Waals surface area contributed by atoms with E-state index in [2.05, 4.69) is 62.7 Å². The fourth-order valence-electron chi connectivity index (χ4n) is 4.39. The first kappa shape index (κ1) is 24.1. The van der Waals surface area contributed by atoms with Crippen LogP contribution in [0, 0.1) is 10.8 Å². The molecule has 2 atom stereocenters. The number of nitrogens with zero attached hydrogens (tertiary/aromatic N) is 1. The minimum Gasteiger partial charge on any atom is -0.382 e. The summed E-state index contributed by atoms with van der Waals surface area (Å²) in [7, 11) is 1.92. The molecule has 0 spiro atoms. The van der Waals surface area contributed by atoms with Crippen LogP contribution >= 0.6 is 0 Å². The molecule has 32 heavy (non-hydrogen) atoms. The van der Waals surface area contributed by atoms with Gasteiger partial charge in [0.15, 0.2) is 0 Å². The van der Waals surface area contributed by atoms with Crippen LogP contribution in [0.5, 0.6) is 0 Å². The van der Waals surface area contributed by atoms with Gasteiger partial charge in [-0.2, -0.15) is 0 Å². The van der Waals surface area contributed by atoms with Crippen LogP contribution in [0.4, 0.5) is 11.5 Å². The number of pyridine rings is 1. The van der Waals surface area contributed by atoms with Gasteiger partial charge in [0.2, 0.25) is 5.91 Å². The number of aromatic nitrogens is 1. The second-order valence-corrected chi connectivity index (χ2v) is 11.0. The first-order valence-corrected chi connectivity index (χ1v) is 11.8. The molecule has 5 heteroatoms. The van der Waals surface area contributed by atoms with Gasteiger partial charge in [-0.25, -0.2) is 4.98 Å². The van der Waals surface area contributed by atoms with Crippen molar-refractivity contribution in [3.63, 3.8) is 0 Å². The predicted octanol–water partition coefficient (Wildman–Crippen LogP) is 5.60. The summed E-state index contributed by atoms with van der Waals surface area (Å²) < 4.78 is 0. The first-order valence-electron chi connectivity index (χ1n) is 11.8. The highest BCUT2D eigenvalue weighted by molar-refractivity contribution is 5.79. The van der Waals surface area contributed by atoms with Crippen molar-refractivity contribution in [2.24, 2.45) is 10.8 Å². The number of carbonyl (C=O) groups excluding carboxylic acids is 1. The van der Waals surface area contributed by atoms with E-state index in [1.165, 1.54) is 0 Å². The lowest BCUT2D eigenvalue weighted by Crippen LogP contribution is -2.48. The Balaban J connectivity index is 1.70. The van der Waals surface area contributed by atoms with Crippen LogP contribution in [0.15, 0.2) is 42.5 Å². The Hall–Kier alpha value is -2.56. The number of rotatable bonds is 7. The monoisotopic (exact) mass is 436 g/mol. The van der Waals surface area contributed by atoms with Gasteiger partial charge in [0, 0.05) is 31.2 Å². The highest BCUT2D eigenvalue weighted by Crippen LogP contribution is 2.43. The summed E-state index contributed by atoms with van der Waals surface area (Å²) in [6, 6.07) is 14.4. The van der Waals surface area contributed by atoms with Crippen molar-refractivity contribution in [3.8, 4) is 0 Å². The zero-order valence-corrected chi connectivity index (χ0v) is 20.6. The summed E-state index contributed by atoms with van der Waals surface area (Å²) in [4.78, 5) is 17.7. The fraction of sp³-hybridized carbons (Fsp3) is 0.556. The number of carbonyl (C=O) groups is 1. The lowest BCUT2D eigenvalue weighted by Gasteiger charge is -2.42. The minimum atomic E-state index is 0.0723. The Kier molecular flexibility index (Phi) is 7.47. The van der Waals surface area contributed by atoms with Gasteiger partial charge < -0.3 is 16.0 Å². The van der Waals surface area contributed by atoms with Crippen molar-refractivity contribution in [1.29, 1.82) is 0 Å². The Morgan fingerprint density at radius 3 is 2.50 bits per heavy atom. The zero-order valence-electron chi connectivity index (χ0n) is 20.6. The van der Waals surface area contributed by atoms with E-state index < -0.39 is 0 Å². The maximum Gasteiger partial charge on any atom is 0.224 e. The van der Waals surface area contributed by atoms with E-state index in [9.17, 15) is 4.79 Å². The van der Waals surface area contributed by atoms with E-state index in [0.717, 1.165) is 48.6 Å². The summed E-state index contributed by atoms with van der Waals surface area (Å²) in [6.45, 7) is 12.1. The molecule has 0 bridgehead atoms. The van der Waals surface area contributed by atoms with Crippen LogP contribution in [0.3, 0.4) is 0 Å². The molecule has 2 aromatic rings. The Bertz CT molecular complexity index is 902. The third-order valence-corrected chi connectivity index (χ3v) is 6.52. The molecule has 1 aliphatic rings. The quantitative estimate of drug-likeness (QED) is 0.528. The van der Waals surface area contributed by atoms with Crippen LogP contribution in [0.25, 0.3) is 0 Å². The lowest BCUT2D eigenvalue weighted by atomic mass is 9.68. The lowest BCUT2D eigenvalue weighted by molar-refractivity contribution is -0.122. The number of anilines is 2. The molecular formula is C27H40N4O. The van der Waals surface area contributed by atoms with Gasteiger partial charge in [-0.1, -0.05) is 65.0 Å². The normalized spacial score (nSPS) is 20.4. The molecular weight excluding hydrogens is 396 g/mol. The molecule has 1 aliphatic carbocycles. The van der Waals surface area contributed by atoms with E-state index >= 15 is 0 Å². The average molecular weight is 437 g/mol. The predicted molar refractivity (Wildman–Crippen MR) is 134 cm³/mol. The smallest absolute Gasteiger partial charge is 0.224 e. The second kappa shape index (κ2) is 9.93. The summed E-state index contributed by atoms with van der Waals surface area (Å²) in [6.07, 6.45) is 3.49. The second-order valence-electron chi connectivity index (χ2n) is 11.0. The Morgan fingerprint density at radius 1 is 1.12 bits per heavy atom. The molecule has 0 aliphatic heterocycles. The topological polar surface area (TPSA) is 66.0 Å². The van der Waals surface area contributed by atoms with Gasteiger partial charge in [0.05, 0.1) is 12.1 Å². The van der Waals surface area contributed by atoms with Crippen LogP contribution < -0.4 is 16.0 Å². The van der Waals surface area contributed by atoms with Crippen molar-refractivity contribution in [3.05, 3.63) is 53.7 Å². The number of benzene rings is 1. The molecule has 3 rings (SSSR count). The van der Waals surface area contributed by atoms with Crippen molar-refractivity contribution in [1.82, 2.24) is 10.3 Å². The molecule has 1 fully saturated rings. The van der Waals surface area contributed by atoms with Crippen molar-refractivity contribution >= 4 is 17.4 Å². The molecule has 1 amide bonds. The molecule has 5 nitrogen and oxygen atoms in total. The molecule has 0 saturated heterocycles. The van der Waals surface area contributed by atoms with Crippen molar-refractivity contribution in [2.75, 3.05) is 24.2 Å². The van der Waals surface area contributed by atoms with Crippen molar-refractivity contribution < 1.29 is 4.79 Å². The fourth-order valence-corrected chi connectivity index (χ4v) is 4.39. The highest BCUT2D eigenvalue weighted by Gasteiger charge is 2.38. The molecule has 2 unspecified atom stereocenters. The van der Waals surface area contributed by atoms with E-state index in [-0.39, 0.29) is 22.8 Å². The zero-order chi connectivity index (χ0) is 23.4. The molecule has 1 heterocycles. The number of amides is 1. The third kappa shape index (κ3) is 6.47. The molecule has 1 aromatic carbocycles. The number of hydrogen-bond acceptors (Lipinski definition) is 4. The van der Waals surface area contributed by atoms with E-state index in [0.29, 0.717) is 12.3 Å². The van der Waals surface area contributed by atoms with Crippen LogP contribution in [0.2, 0.25) is 0 Å². The van der Waals surface area contributed by atoms with Gasteiger partial charge in [0.25, 0.3) is 0 Å². The van der Waals surface area contributed by atoms with Gasteiger partial charge in [-0.15, -0.1) is 0 Å². The number of nitrogens with one attached hydrogen (secondary N) is 3. The molecule has 174 valence electrons. The van der Waals surface area contributed by atoms with E-state index in [4.69, 9.17) is 4.98 Å². The van der Waals surface area contributed by atoms with Gasteiger partial charge >= 0.3 is 0 Å². The summed E-state index contributed by atoms with van der Waals surface area (Å²) in [5.41, 5.74) is 3.46. The first-order chi connectivity index (χ1) is 15.1. The van der Waals surface area contributed by atoms with E-state index in [1.807, 2.05) is 37.4 Å². The van der Waals surface area contributed by atoms with Crippen LogP contribution in [-0.4, -0.2) is 30.5 Å². The van der Waals surface area contributed by atoms with Gasteiger partial charge in [-0.3, -0.25) is 4.79 Å². The maximum atomic E-state index is 12.8. The number of hydrogen-bond donors (Lipinski definition) is 3. The van der Waals surface area contributed by atoms with E-state index in [1.54, 1.807) is 0 Å².